The lowest BCUT2D eigenvalue weighted by molar-refractivity contribution is 0.602. The maximum Gasteiger partial charge on any atom is 0.166 e. The topological polar surface area (TPSA) is 41.9 Å². The molecule has 1 aromatic heterocycles. The zero-order valence-corrected chi connectivity index (χ0v) is 8.69. The summed E-state index contributed by atoms with van der Waals surface area (Å²) in [5.74, 6) is 0. The molecule has 0 unspecified atom stereocenters. The largest absolute Gasteiger partial charge is 0.366 e. The van der Waals surface area contributed by atoms with Crippen LogP contribution in [0.1, 0.15) is 5.56 Å². The van der Waals surface area contributed by atoms with Gasteiger partial charge in [-0.1, -0.05) is 0 Å². The van der Waals surface area contributed by atoms with Gasteiger partial charge in [0.2, 0.25) is 0 Å². The molecule has 0 aliphatic carbocycles. The summed E-state index contributed by atoms with van der Waals surface area (Å²) >= 11 is 4.92. The second-order valence-corrected chi connectivity index (χ2v) is 3.19. The van der Waals surface area contributed by atoms with Gasteiger partial charge in [0.15, 0.2) is 5.11 Å². The van der Waals surface area contributed by atoms with Gasteiger partial charge in [0.25, 0.3) is 0 Å². The number of hydrogen-bond acceptors (Lipinski definition) is 2. The zero-order chi connectivity index (χ0) is 9.68. The summed E-state index contributed by atoms with van der Waals surface area (Å²) < 4.78 is 1.89. The van der Waals surface area contributed by atoms with Gasteiger partial charge in [0.05, 0.1) is 12.7 Å². The SMILES string of the molecule is CNC(=S)NCCn1cc(C)cn1. The molecule has 0 saturated heterocycles. The molecule has 0 fully saturated rings. The van der Waals surface area contributed by atoms with Crippen molar-refractivity contribution < 1.29 is 0 Å². The highest BCUT2D eigenvalue weighted by Gasteiger charge is 1.94. The molecule has 0 aliphatic heterocycles. The monoisotopic (exact) mass is 198 g/mol. The predicted octanol–water partition coefficient (Wildman–Crippen LogP) is 0.285. The molecule has 0 aliphatic rings. The Kier molecular flexibility index (Phi) is 3.70. The minimum Gasteiger partial charge on any atom is -0.366 e. The highest BCUT2D eigenvalue weighted by atomic mass is 32.1. The lowest BCUT2D eigenvalue weighted by Gasteiger charge is -2.06. The Morgan fingerprint density at radius 2 is 2.46 bits per heavy atom. The van der Waals surface area contributed by atoms with Crippen molar-refractivity contribution in [3.63, 3.8) is 0 Å². The van der Waals surface area contributed by atoms with E-state index in [1.54, 1.807) is 7.05 Å². The fraction of sp³-hybridized carbons (Fsp3) is 0.500. The number of rotatable bonds is 3. The highest BCUT2D eigenvalue weighted by molar-refractivity contribution is 7.80. The quantitative estimate of drug-likeness (QED) is 0.685. The van der Waals surface area contributed by atoms with Crippen molar-refractivity contribution in [2.24, 2.45) is 0 Å². The van der Waals surface area contributed by atoms with Gasteiger partial charge in [-0.25, -0.2) is 0 Å². The summed E-state index contributed by atoms with van der Waals surface area (Å²) in [6.45, 7) is 3.64. The van der Waals surface area contributed by atoms with Gasteiger partial charge < -0.3 is 10.6 Å². The molecule has 0 saturated carbocycles. The summed E-state index contributed by atoms with van der Waals surface area (Å²) in [6.07, 6.45) is 3.85. The molecule has 1 rings (SSSR count). The van der Waals surface area contributed by atoms with Gasteiger partial charge in [0.1, 0.15) is 0 Å². The smallest absolute Gasteiger partial charge is 0.166 e. The summed E-state index contributed by atoms with van der Waals surface area (Å²) in [7, 11) is 1.80. The number of thiocarbonyl (C=S) groups is 1. The van der Waals surface area contributed by atoms with Crippen LogP contribution in [0, 0.1) is 6.92 Å². The van der Waals surface area contributed by atoms with Crippen LogP contribution >= 0.6 is 12.2 Å². The van der Waals surface area contributed by atoms with E-state index in [0.717, 1.165) is 13.1 Å². The molecule has 13 heavy (non-hydrogen) atoms. The second kappa shape index (κ2) is 4.81. The molecule has 5 heteroatoms. The van der Waals surface area contributed by atoms with E-state index in [2.05, 4.69) is 15.7 Å². The second-order valence-electron chi connectivity index (χ2n) is 2.79. The van der Waals surface area contributed by atoms with E-state index in [4.69, 9.17) is 12.2 Å². The van der Waals surface area contributed by atoms with Crippen LogP contribution in [0.2, 0.25) is 0 Å². The lowest BCUT2D eigenvalue weighted by atomic mass is 10.4. The van der Waals surface area contributed by atoms with Gasteiger partial charge >= 0.3 is 0 Å². The number of nitrogens with one attached hydrogen (secondary N) is 2. The molecule has 0 aromatic carbocycles. The van der Waals surface area contributed by atoms with Crippen molar-refractivity contribution in [1.29, 1.82) is 0 Å². The molecule has 0 radical (unpaired) electrons. The van der Waals surface area contributed by atoms with Crippen LogP contribution in [0.5, 0.6) is 0 Å². The van der Waals surface area contributed by atoms with Crippen molar-refractivity contribution in [3.8, 4) is 0 Å². The molecule has 1 aromatic rings. The fourth-order valence-corrected chi connectivity index (χ4v) is 1.06. The first-order valence-electron chi connectivity index (χ1n) is 4.17. The van der Waals surface area contributed by atoms with Gasteiger partial charge in [-0.3, -0.25) is 4.68 Å². The average Bonchev–Trinajstić information content (AvgIpc) is 2.51. The first-order chi connectivity index (χ1) is 6.22. The van der Waals surface area contributed by atoms with E-state index in [1.807, 2.05) is 24.0 Å². The average molecular weight is 198 g/mol. The minimum absolute atomic E-state index is 0.670. The summed E-state index contributed by atoms with van der Waals surface area (Å²) in [4.78, 5) is 0. The number of nitrogens with zero attached hydrogens (tertiary/aromatic N) is 2. The highest BCUT2D eigenvalue weighted by Crippen LogP contribution is 1.92. The summed E-state index contributed by atoms with van der Waals surface area (Å²) in [5.41, 5.74) is 1.18. The Morgan fingerprint density at radius 3 is 3.00 bits per heavy atom. The maximum absolute atomic E-state index is 4.92. The molecule has 1 heterocycles. The molecular formula is C8H14N4S. The molecule has 0 amide bonds. The van der Waals surface area contributed by atoms with Crippen molar-refractivity contribution in [3.05, 3.63) is 18.0 Å². The predicted molar refractivity (Wildman–Crippen MR) is 56.6 cm³/mol. The third-order valence-electron chi connectivity index (χ3n) is 1.62. The van der Waals surface area contributed by atoms with E-state index in [9.17, 15) is 0 Å². The number of aromatic nitrogens is 2. The fourth-order valence-electron chi connectivity index (χ4n) is 0.962. The van der Waals surface area contributed by atoms with E-state index in [-0.39, 0.29) is 0 Å². The van der Waals surface area contributed by atoms with Crippen LogP contribution < -0.4 is 10.6 Å². The van der Waals surface area contributed by atoms with E-state index in [1.165, 1.54) is 5.56 Å². The molecule has 2 N–H and O–H groups in total. The van der Waals surface area contributed by atoms with Gasteiger partial charge in [-0.15, -0.1) is 0 Å². The Balaban J connectivity index is 2.24. The van der Waals surface area contributed by atoms with Crippen LogP contribution in [0.15, 0.2) is 12.4 Å². The molecular weight excluding hydrogens is 184 g/mol. The summed E-state index contributed by atoms with van der Waals surface area (Å²) in [5, 5.41) is 10.7. The lowest BCUT2D eigenvalue weighted by Crippen LogP contribution is -2.34. The number of hydrogen-bond donors (Lipinski definition) is 2. The Labute approximate surface area is 83.3 Å². The van der Waals surface area contributed by atoms with Crippen LogP contribution in [0.4, 0.5) is 0 Å². The normalized spacial score (nSPS) is 9.69. The number of aryl methyl sites for hydroxylation is 1. The first kappa shape index (κ1) is 9.98. The Bertz CT molecular complexity index is 281. The Hall–Kier alpha value is -1.10. The van der Waals surface area contributed by atoms with Gasteiger partial charge in [0, 0.05) is 19.8 Å². The van der Waals surface area contributed by atoms with Gasteiger partial charge in [-0.2, -0.15) is 5.10 Å². The third-order valence-corrected chi connectivity index (χ3v) is 1.96. The standard InChI is InChI=1S/C8H14N4S/c1-7-5-11-12(6-7)4-3-10-8(13)9-2/h5-6H,3-4H2,1-2H3,(H2,9,10,13). The van der Waals surface area contributed by atoms with Gasteiger partial charge in [-0.05, 0) is 24.7 Å². The molecule has 72 valence electrons. The molecule has 0 spiro atoms. The molecule has 4 nitrogen and oxygen atoms in total. The van der Waals surface area contributed by atoms with Crippen molar-refractivity contribution >= 4 is 17.3 Å². The van der Waals surface area contributed by atoms with Crippen LogP contribution in [-0.4, -0.2) is 28.5 Å². The molecule has 0 atom stereocenters. The minimum atomic E-state index is 0.670. The zero-order valence-electron chi connectivity index (χ0n) is 7.87. The first-order valence-corrected chi connectivity index (χ1v) is 4.58. The van der Waals surface area contributed by atoms with Crippen molar-refractivity contribution in [2.45, 2.75) is 13.5 Å². The molecule has 0 bridgehead atoms. The summed E-state index contributed by atoms with van der Waals surface area (Å²) in [6, 6.07) is 0. The van der Waals surface area contributed by atoms with Crippen LogP contribution in [0.25, 0.3) is 0 Å². The van der Waals surface area contributed by atoms with Crippen LogP contribution in [0.3, 0.4) is 0 Å². The van der Waals surface area contributed by atoms with E-state index < -0.39 is 0 Å². The van der Waals surface area contributed by atoms with E-state index in [0.29, 0.717) is 5.11 Å². The van der Waals surface area contributed by atoms with Crippen LogP contribution in [-0.2, 0) is 6.54 Å². The maximum atomic E-state index is 4.92. The van der Waals surface area contributed by atoms with Crippen molar-refractivity contribution in [1.82, 2.24) is 20.4 Å². The van der Waals surface area contributed by atoms with E-state index >= 15 is 0 Å². The van der Waals surface area contributed by atoms with Crippen molar-refractivity contribution in [2.75, 3.05) is 13.6 Å². The Morgan fingerprint density at radius 1 is 1.69 bits per heavy atom. The third kappa shape index (κ3) is 3.42.